The smallest absolute Gasteiger partial charge is 0.130 e. The monoisotopic (exact) mass is 262 g/mol. The van der Waals surface area contributed by atoms with Gasteiger partial charge in [0.25, 0.3) is 0 Å². The van der Waals surface area contributed by atoms with Crippen LogP contribution in [0.2, 0.25) is 0 Å². The van der Waals surface area contributed by atoms with Gasteiger partial charge in [-0.3, -0.25) is 0 Å². The molecule has 1 aliphatic rings. The van der Waals surface area contributed by atoms with E-state index >= 15 is 0 Å². The Bertz CT molecular complexity index is 479. The highest BCUT2D eigenvalue weighted by atomic mass is 19.1. The van der Waals surface area contributed by atoms with Crippen molar-refractivity contribution in [3.63, 3.8) is 0 Å². The molecular formula is C15H19FN2O. The minimum Gasteiger partial charge on any atom is -0.375 e. The molecule has 0 bridgehead atoms. The summed E-state index contributed by atoms with van der Waals surface area (Å²) in [6.45, 7) is 5.75. The number of benzene rings is 1. The molecule has 1 aromatic rings. The van der Waals surface area contributed by atoms with Gasteiger partial charge in [0.2, 0.25) is 0 Å². The molecule has 0 amide bonds. The first-order valence-corrected chi connectivity index (χ1v) is 6.54. The fourth-order valence-electron chi connectivity index (χ4n) is 2.86. The molecule has 0 spiro atoms. The van der Waals surface area contributed by atoms with Gasteiger partial charge in [-0.15, -0.1) is 0 Å². The van der Waals surface area contributed by atoms with Crippen molar-refractivity contribution in [3.05, 3.63) is 29.6 Å². The number of nitriles is 1. The van der Waals surface area contributed by atoms with E-state index in [9.17, 15) is 9.65 Å². The van der Waals surface area contributed by atoms with Crippen LogP contribution in [0.1, 0.15) is 32.3 Å². The Morgan fingerprint density at radius 3 is 2.47 bits per heavy atom. The zero-order valence-electron chi connectivity index (χ0n) is 11.5. The molecule has 0 radical (unpaired) electrons. The Labute approximate surface area is 113 Å². The lowest BCUT2D eigenvalue weighted by Gasteiger charge is -2.39. The first-order chi connectivity index (χ1) is 8.92. The normalized spacial score (nSPS) is 30.7. The van der Waals surface area contributed by atoms with Gasteiger partial charge in [-0.2, -0.15) is 5.26 Å². The second kappa shape index (κ2) is 5.18. The number of rotatable bonds is 2. The van der Waals surface area contributed by atoms with Crippen molar-refractivity contribution in [1.82, 2.24) is 0 Å². The summed E-state index contributed by atoms with van der Waals surface area (Å²) in [7, 11) is 0. The number of hydrogen-bond acceptors (Lipinski definition) is 3. The molecule has 1 aromatic carbocycles. The molecular weight excluding hydrogens is 243 g/mol. The number of nitrogens with zero attached hydrogens (tertiary/aromatic N) is 1. The lowest BCUT2D eigenvalue weighted by atomic mass is 9.85. The minimum atomic E-state index is -0.683. The second-order valence-electron chi connectivity index (χ2n) is 5.50. The molecule has 2 unspecified atom stereocenters. The number of ether oxygens (including phenoxy) is 1. The zero-order chi connectivity index (χ0) is 14.0. The van der Waals surface area contributed by atoms with E-state index in [2.05, 4.69) is 11.4 Å². The molecule has 1 aliphatic heterocycles. The molecule has 1 fully saturated rings. The van der Waals surface area contributed by atoms with Crippen LogP contribution in [0.3, 0.4) is 0 Å². The van der Waals surface area contributed by atoms with E-state index in [-0.39, 0.29) is 18.0 Å². The van der Waals surface area contributed by atoms with Gasteiger partial charge >= 0.3 is 0 Å². The summed E-state index contributed by atoms with van der Waals surface area (Å²) in [6, 6.07) is 7.11. The van der Waals surface area contributed by atoms with Gasteiger partial charge < -0.3 is 10.1 Å². The van der Waals surface area contributed by atoms with Gasteiger partial charge in [-0.05, 0) is 44.5 Å². The predicted octanol–water partition coefficient (Wildman–Crippen LogP) is 3.40. The third-order valence-corrected chi connectivity index (χ3v) is 3.38. The molecule has 1 heterocycles. The van der Waals surface area contributed by atoms with Crippen LogP contribution in [-0.2, 0) is 4.74 Å². The summed E-state index contributed by atoms with van der Waals surface area (Å²) in [5.41, 5.74) is 0.807. The largest absolute Gasteiger partial charge is 0.375 e. The van der Waals surface area contributed by atoms with Gasteiger partial charge in [0.1, 0.15) is 11.4 Å². The van der Waals surface area contributed by atoms with Crippen LogP contribution in [-0.4, -0.2) is 17.7 Å². The van der Waals surface area contributed by atoms with Crippen LogP contribution in [0.25, 0.3) is 0 Å². The molecule has 0 aliphatic carbocycles. The predicted molar refractivity (Wildman–Crippen MR) is 72.3 cm³/mol. The summed E-state index contributed by atoms with van der Waals surface area (Å²) in [4.78, 5) is 0. The van der Waals surface area contributed by atoms with E-state index in [4.69, 9.17) is 4.74 Å². The first kappa shape index (κ1) is 13.8. The highest BCUT2D eigenvalue weighted by Crippen LogP contribution is 2.32. The highest BCUT2D eigenvalue weighted by Gasteiger charge is 2.39. The van der Waals surface area contributed by atoms with Gasteiger partial charge in [-0.1, -0.05) is 0 Å². The molecule has 3 nitrogen and oxygen atoms in total. The van der Waals surface area contributed by atoms with Crippen molar-refractivity contribution >= 4 is 5.69 Å². The molecule has 4 heteroatoms. The standard InChI is InChI=1S/C15H19FN2O/c1-10-4-13(16)6-14(5-10)18-15(9-17)7-11(2)19-12(3)8-15/h4-6,11-12,18H,7-8H2,1-3H3. The number of hydrogen-bond donors (Lipinski definition) is 1. The lowest BCUT2D eigenvalue weighted by Crippen LogP contribution is -2.48. The number of aryl methyl sites for hydroxylation is 1. The maximum Gasteiger partial charge on any atom is 0.130 e. The maximum atomic E-state index is 13.4. The molecule has 0 aromatic heterocycles. The summed E-state index contributed by atoms with van der Waals surface area (Å²) in [5, 5.41) is 12.7. The second-order valence-corrected chi connectivity index (χ2v) is 5.50. The summed E-state index contributed by atoms with van der Waals surface area (Å²) in [6.07, 6.45) is 1.24. The van der Waals surface area contributed by atoms with Gasteiger partial charge in [0.05, 0.1) is 18.3 Å². The zero-order valence-corrected chi connectivity index (χ0v) is 11.5. The Hall–Kier alpha value is -1.60. The minimum absolute atomic E-state index is 0.0190. The average molecular weight is 262 g/mol. The Morgan fingerprint density at radius 2 is 1.95 bits per heavy atom. The fraction of sp³-hybridized carbons (Fsp3) is 0.533. The first-order valence-electron chi connectivity index (χ1n) is 6.54. The molecule has 0 saturated carbocycles. The molecule has 2 atom stereocenters. The summed E-state index contributed by atoms with van der Waals surface area (Å²) < 4.78 is 19.1. The van der Waals surface area contributed by atoms with Crippen LogP contribution in [0.4, 0.5) is 10.1 Å². The van der Waals surface area contributed by atoms with Crippen molar-refractivity contribution in [2.24, 2.45) is 0 Å². The van der Waals surface area contributed by atoms with Gasteiger partial charge in [0.15, 0.2) is 0 Å². The third-order valence-electron chi connectivity index (χ3n) is 3.38. The number of nitrogens with one attached hydrogen (secondary N) is 1. The SMILES string of the molecule is Cc1cc(F)cc(NC2(C#N)CC(C)OC(C)C2)c1. The van der Waals surface area contributed by atoms with Crippen LogP contribution >= 0.6 is 0 Å². The summed E-state index contributed by atoms with van der Waals surface area (Å²) >= 11 is 0. The van der Waals surface area contributed by atoms with Crippen molar-refractivity contribution in [2.45, 2.75) is 51.4 Å². The van der Waals surface area contributed by atoms with E-state index in [0.717, 1.165) is 5.56 Å². The Balaban J connectivity index is 2.25. The van der Waals surface area contributed by atoms with E-state index in [1.54, 1.807) is 0 Å². The van der Waals surface area contributed by atoms with Crippen molar-refractivity contribution in [3.8, 4) is 6.07 Å². The third kappa shape index (κ3) is 3.24. The topological polar surface area (TPSA) is 45.0 Å². The van der Waals surface area contributed by atoms with Crippen molar-refractivity contribution in [1.29, 1.82) is 5.26 Å². The lowest BCUT2D eigenvalue weighted by molar-refractivity contribution is -0.0451. The van der Waals surface area contributed by atoms with Crippen LogP contribution in [0.5, 0.6) is 0 Å². The van der Waals surface area contributed by atoms with E-state index < -0.39 is 5.54 Å². The average Bonchev–Trinajstić information content (AvgIpc) is 2.25. The van der Waals surface area contributed by atoms with Gasteiger partial charge in [0, 0.05) is 18.5 Å². The van der Waals surface area contributed by atoms with E-state index in [1.165, 1.54) is 12.1 Å². The Kier molecular flexibility index (Phi) is 3.77. The van der Waals surface area contributed by atoms with Gasteiger partial charge in [-0.25, -0.2) is 4.39 Å². The molecule has 2 rings (SSSR count). The molecule has 1 saturated heterocycles. The molecule has 102 valence electrons. The summed E-state index contributed by atoms with van der Waals surface area (Å²) in [5.74, 6) is -0.288. The van der Waals surface area contributed by atoms with Crippen LogP contribution < -0.4 is 5.32 Å². The van der Waals surface area contributed by atoms with Crippen molar-refractivity contribution < 1.29 is 9.13 Å². The van der Waals surface area contributed by atoms with E-state index in [0.29, 0.717) is 18.5 Å². The molecule has 19 heavy (non-hydrogen) atoms. The quantitative estimate of drug-likeness (QED) is 0.888. The van der Waals surface area contributed by atoms with E-state index in [1.807, 2.05) is 26.8 Å². The number of anilines is 1. The number of halogens is 1. The fourth-order valence-corrected chi connectivity index (χ4v) is 2.86. The highest BCUT2D eigenvalue weighted by molar-refractivity contribution is 5.50. The van der Waals surface area contributed by atoms with Crippen LogP contribution in [0.15, 0.2) is 18.2 Å². The molecule has 1 N–H and O–H groups in total. The van der Waals surface area contributed by atoms with Crippen molar-refractivity contribution in [2.75, 3.05) is 5.32 Å². The maximum absolute atomic E-state index is 13.4. The Morgan fingerprint density at radius 1 is 1.32 bits per heavy atom. The van der Waals surface area contributed by atoms with Crippen LogP contribution in [0, 0.1) is 24.1 Å².